The molecule has 3 heterocycles. The number of nitrogens with two attached hydrogens (primary N) is 1. The smallest absolute Gasteiger partial charge is 0.220 e. The zero-order valence-corrected chi connectivity index (χ0v) is 24.4. The monoisotopic (exact) mass is 560 g/mol. The van der Waals surface area contributed by atoms with E-state index in [0.29, 0.717) is 0 Å². The van der Waals surface area contributed by atoms with E-state index in [1.165, 1.54) is 27.6 Å². The van der Waals surface area contributed by atoms with Gasteiger partial charge in [0.15, 0.2) is 5.82 Å². The van der Waals surface area contributed by atoms with Gasteiger partial charge < -0.3 is 15.3 Å². The summed E-state index contributed by atoms with van der Waals surface area (Å²) in [4.78, 5) is 17.9. The Morgan fingerprint density at radius 2 is 1.62 bits per heavy atom. The highest BCUT2D eigenvalue weighted by atomic mass is 16.1. The zero-order valence-electron chi connectivity index (χ0n) is 24.4. The highest BCUT2D eigenvalue weighted by molar-refractivity contribution is 5.83. The third-order valence-corrected chi connectivity index (χ3v) is 8.87. The summed E-state index contributed by atoms with van der Waals surface area (Å²) in [5, 5.41) is 11.0. The summed E-state index contributed by atoms with van der Waals surface area (Å²) in [5.41, 5.74) is 12.0. The van der Waals surface area contributed by atoms with E-state index >= 15 is 0 Å². The van der Waals surface area contributed by atoms with Crippen LogP contribution in [0.4, 0.5) is 0 Å². The number of likely N-dealkylation sites (tertiary alicyclic amines) is 1. The standard InChI is InChI=1S/C35H40N6O/c1-2-25-12-14-27(15-13-25)24-41-33(17-16-26-8-4-3-5-9-26)38-39-35(41)32(40-20-18-28(19-21-40)34(36)42)22-29-23-37-31-11-7-6-10-30(29)31/h3-15,23,28,32,37H,2,16-22,24H2,1H3,(H2,36,42)/t32-/m1/s1. The van der Waals surface area contributed by atoms with Gasteiger partial charge >= 0.3 is 0 Å². The predicted molar refractivity (Wildman–Crippen MR) is 167 cm³/mol. The summed E-state index contributed by atoms with van der Waals surface area (Å²) in [6, 6.07) is 28.0. The molecule has 216 valence electrons. The number of amides is 1. The topological polar surface area (TPSA) is 92.8 Å². The maximum atomic E-state index is 12.0. The molecule has 0 bridgehead atoms. The number of aromatic nitrogens is 4. The molecule has 3 aromatic carbocycles. The van der Waals surface area contributed by atoms with Crippen LogP contribution in [0.15, 0.2) is 85.1 Å². The van der Waals surface area contributed by atoms with Crippen LogP contribution >= 0.6 is 0 Å². The maximum absolute atomic E-state index is 12.0. The number of hydrogen-bond donors (Lipinski definition) is 2. The molecule has 2 aromatic heterocycles. The van der Waals surface area contributed by atoms with E-state index in [0.717, 1.165) is 75.3 Å². The highest BCUT2D eigenvalue weighted by Crippen LogP contribution is 2.32. The van der Waals surface area contributed by atoms with Gasteiger partial charge in [0.1, 0.15) is 5.82 Å². The zero-order chi connectivity index (χ0) is 28.9. The van der Waals surface area contributed by atoms with Crippen molar-refractivity contribution in [1.82, 2.24) is 24.6 Å². The Morgan fingerprint density at radius 1 is 0.905 bits per heavy atom. The molecule has 1 atom stereocenters. The Morgan fingerprint density at radius 3 is 2.36 bits per heavy atom. The molecular weight excluding hydrogens is 520 g/mol. The van der Waals surface area contributed by atoms with Gasteiger partial charge in [-0.05, 0) is 73.5 Å². The molecular formula is C35H40N6O. The predicted octanol–water partition coefficient (Wildman–Crippen LogP) is 5.64. The van der Waals surface area contributed by atoms with Crippen LogP contribution in [0.3, 0.4) is 0 Å². The molecule has 3 N–H and O–H groups in total. The van der Waals surface area contributed by atoms with Gasteiger partial charge in [0, 0.05) is 29.4 Å². The third kappa shape index (κ3) is 6.16. The van der Waals surface area contributed by atoms with Crippen molar-refractivity contribution in [3.8, 4) is 0 Å². The van der Waals surface area contributed by atoms with Crippen molar-refractivity contribution in [2.24, 2.45) is 11.7 Å². The first-order valence-electron chi connectivity index (χ1n) is 15.2. The van der Waals surface area contributed by atoms with E-state index in [1.54, 1.807) is 0 Å². The van der Waals surface area contributed by atoms with Crippen LogP contribution in [0.25, 0.3) is 10.9 Å². The lowest BCUT2D eigenvalue weighted by Gasteiger charge is -2.36. The van der Waals surface area contributed by atoms with Crippen LogP contribution in [-0.2, 0) is 37.0 Å². The number of carbonyl (C=O) groups is 1. The summed E-state index contributed by atoms with van der Waals surface area (Å²) in [5.74, 6) is 1.74. The van der Waals surface area contributed by atoms with Gasteiger partial charge in [-0.2, -0.15) is 0 Å². The van der Waals surface area contributed by atoms with Crippen molar-refractivity contribution in [2.45, 2.75) is 58.0 Å². The fourth-order valence-electron chi connectivity index (χ4n) is 6.30. The third-order valence-electron chi connectivity index (χ3n) is 8.87. The first-order valence-corrected chi connectivity index (χ1v) is 15.2. The van der Waals surface area contributed by atoms with E-state index < -0.39 is 0 Å². The van der Waals surface area contributed by atoms with Gasteiger partial charge in [0.25, 0.3) is 0 Å². The number of primary amides is 1. The van der Waals surface area contributed by atoms with E-state index in [1.807, 2.05) is 0 Å². The second kappa shape index (κ2) is 12.7. The Labute approximate surface area is 247 Å². The van der Waals surface area contributed by atoms with Crippen molar-refractivity contribution in [1.29, 1.82) is 0 Å². The van der Waals surface area contributed by atoms with Crippen LogP contribution in [0.5, 0.6) is 0 Å². The molecule has 7 nitrogen and oxygen atoms in total. The molecule has 1 fully saturated rings. The van der Waals surface area contributed by atoms with Crippen LogP contribution in [0, 0.1) is 5.92 Å². The molecule has 1 aliphatic heterocycles. The number of H-pyrrole nitrogens is 1. The molecule has 1 saturated heterocycles. The number of para-hydroxylation sites is 1. The number of benzene rings is 3. The fourth-order valence-corrected chi connectivity index (χ4v) is 6.30. The lowest BCUT2D eigenvalue weighted by atomic mass is 9.93. The minimum Gasteiger partial charge on any atom is -0.369 e. The average Bonchev–Trinajstić information content (AvgIpc) is 3.63. The number of hydrogen-bond acceptors (Lipinski definition) is 4. The van der Waals surface area contributed by atoms with Crippen LogP contribution in [0.1, 0.15) is 59.7 Å². The van der Waals surface area contributed by atoms with Crippen LogP contribution < -0.4 is 5.73 Å². The molecule has 5 aromatic rings. The molecule has 6 rings (SSSR count). The van der Waals surface area contributed by atoms with Gasteiger partial charge in [-0.3, -0.25) is 9.69 Å². The first-order chi connectivity index (χ1) is 20.6. The first kappa shape index (κ1) is 27.9. The van der Waals surface area contributed by atoms with E-state index in [4.69, 9.17) is 15.9 Å². The molecule has 42 heavy (non-hydrogen) atoms. The lowest BCUT2D eigenvalue weighted by Crippen LogP contribution is -2.42. The van der Waals surface area contributed by atoms with Crippen molar-refractivity contribution in [3.05, 3.63) is 119 Å². The maximum Gasteiger partial charge on any atom is 0.220 e. The molecule has 1 aliphatic rings. The number of nitrogens with one attached hydrogen (secondary N) is 1. The molecule has 0 aliphatic carbocycles. The van der Waals surface area contributed by atoms with Gasteiger partial charge in [-0.25, -0.2) is 0 Å². The van der Waals surface area contributed by atoms with Crippen molar-refractivity contribution in [3.63, 3.8) is 0 Å². The Bertz CT molecular complexity index is 1610. The second-order valence-corrected chi connectivity index (χ2v) is 11.5. The van der Waals surface area contributed by atoms with Gasteiger partial charge in [-0.15, -0.1) is 10.2 Å². The second-order valence-electron chi connectivity index (χ2n) is 11.5. The Hall–Kier alpha value is -4.23. The molecule has 0 spiro atoms. The highest BCUT2D eigenvalue weighted by Gasteiger charge is 2.32. The van der Waals surface area contributed by atoms with Gasteiger partial charge in [0.05, 0.1) is 12.6 Å². The van der Waals surface area contributed by atoms with Crippen molar-refractivity contribution >= 4 is 16.8 Å². The van der Waals surface area contributed by atoms with Crippen molar-refractivity contribution < 1.29 is 4.79 Å². The summed E-state index contributed by atoms with van der Waals surface area (Å²) < 4.78 is 2.35. The molecule has 0 saturated carbocycles. The number of nitrogens with zero attached hydrogens (tertiary/aromatic N) is 4. The normalized spacial score (nSPS) is 15.3. The van der Waals surface area contributed by atoms with E-state index in [9.17, 15) is 4.79 Å². The van der Waals surface area contributed by atoms with Crippen LogP contribution in [0.2, 0.25) is 0 Å². The number of carbonyl (C=O) groups excluding carboxylic acids is 1. The van der Waals surface area contributed by atoms with Gasteiger partial charge in [0.2, 0.25) is 5.91 Å². The summed E-state index contributed by atoms with van der Waals surface area (Å²) >= 11 is 0. The fraction of sp³-hybridized carbons (Fsp3) is 0.343. The van der Waals surface area contributed by atoms with Crippen LogP contribution in [-0.4, -0.2) is 43.6 Å². The summed E-state index contributed by atoms with van der Waals surface area (Å²) in [7, 11) is 0. The number of aromatic amines is 1. The molecule has 0 unspecified atom stereocenters. The molecule has 7 heteroatoms. The lowest BCUT2D eigenvalue weighted by molar-refractivity contribution is -0.123. The Balaban J connectivity index is 1.37. The summed E-state index contributed by atoms with van der Waals surface area (Å²) in [6.45, 7) is 4.51. The minimum atomic E-state index is -0.190. The largest absolute Gasteiger partial charge is 0.369 e. The number of fused-ring (bicyclic) bond motifs is 1. The van der Waals surface area contributed by atoms with Gasteiger partial charge in [-0.1, -0.05) is 79.7 Å². The van der Waals surface area contributed by atoms with E-state index in [2.05, 4.69) is 106 Å². The number of piperidine rings is 1. The SMILES string of the molecule is CCc1ccc(Cn2c(CCc3ccccc3)nnc2[C@@H](Cc2c[nH]c3ccccc23)N2CCC(C(N)=O)CC2)cc1. The molecule has 0 radical (unpaired) electrons. The Kier molecular flexibility index (Phi) is 8.47. The van der Waals surface area contributed by atoms with E-state index in [-0.39, 0.29) is 17.9 Å². The summed E-state index contributed by atoms with van der Waals surface area (Å²) in [6.07, 6.45) is 7.22. The quantitative estimate of drug-likeness (QED) is 0.219. The number of aryl methyl sites for hydroxylation is 3. The molecule has 1 amide bonds. The number of rotatable bonds is 11. The minimum absolute atomic E-state index is 0.0194. The van der Waals surface area contributed by atoms with Crippen molar-refractivity contribution in [2.75, 3.05) is 13.1 Å². The average molecular weight is 561 g/mol.